The molecule has 2 rings (SSSR count). The smallest absolute Gasteiger partial charge is 0.233 e. The summed E-state index contributed by atoms with van der Waals surface area (Å²) in [4.78, 5) is 12.1. The molecular weight excluding hydrogens is 297 g/mol. The molecule has 4 heteroatoms. The molecule has 22 heavy (non-hydrogen) atoms. The number of rotatable bonds is 6. The molecule has 1 atom stereocenters. The summed E-state index contributed by atoms with van der Waals surface area (Å²) in [5, 5.41) is 2.62. The molecule has 1 unspecified atom stereocenters. The Hall–Kier alpha value is -1.81. The van der Waals surface area contributed by atoms with Gasteiger partial charge in [0.25, 0.3) is 0 Å². The van der Waals surface area contributed by atoms with E-state index in [1.54, 1.807) is 30.0 Å². The van der Waals surface area contributed by atoms with Crippen LogP contribution in [0.1, 0.15) is 23.6 Å². The summed E-state index contributed by atoms with van der Waals surface area (Å²) >= 11 is 1.59. The van der Waals surface area contributed by atoms with Crippen LogP contribution >= 0.6 is 11.8 Å². The van der Waals surface area contributed by atoms with Gasteiger partial charge in [-0.1, -0.05) is 42.5 Å². The normalized spacial score (nSPS) is 12.0. The molecule has 0 saturated carbocycles. The maximum Gasteiger partial charge on any atom is 0.233 e. The number of aryl methyl sites for hydroxylation is 1. The minimum absolute atomic E-state index is 0.0677. The zero-order chi connectivity index (χ0) is 15.9. The molecule has 2 aromatic rings. The number of nitrogens with one attached hydrogen (secondary N) is 1. The fraction of sp³-hybridized carbons (Fsp3) is 0.278. The Balaban J connectivity index is 1.82. The summed E-state index contributed by atoms with van der Waals surface area (Å²) < 4.78 is 13.5. The third kappa shape index (κ3) is 4.60. The van der Waals surface area contributed by atoms with Gasteiger partial charge in [0.2, 0.25) is 5.91 Å². The Morgan fingerprint density at radius 2 is 1.77 bits per heavy atom. The molecule has 0 aromatic heterocycles. The van der Waals surface area contributed by atoms with Gasteiger partial charge in [0.1, 0.15) is 5.82 Å². The summed E-state index contributed by atoms with van der Waals surface area (Å²) in [5.74, 6) is 0.436. The van der Waals surface area contributed by atoms with Gasteiger partial charge in [-0.25, -0.2) is 4.39 Å². The highest BCUT2D eigenvalue weighted by molar-refractivity contribution is 7.99. The van der Waals surface area contributed by atoms with E-state index in [9.17, 15) is 9.18 Å². The first kappa shape index (κ1) is 16.6. The second kappa shape index (κ2) is 7.99. The molecule has 0 bridgehead atoms. The number of carbonyl (C=O) groups excluding carboxylic acids is 1. The maximum absolute atomic E-state index is 13.5. The van der Waals surface area contributed by atoms with Gasteiger partial charge in [-0.2, -0.15) is 0 Å². The van der Waals surface area contributed by atoms with Crippen molar-refractivity contribution in [2.75, 3.05) is 0 Å². The number of thioether (sulfide) groups is 1. The molecule has 0 spiro atoms. The van der Waals surface area contributed by atoms with Crippen LogP contribution in [0.4, 0.5) is 4.39 Å². The van der Waals surface area contributed by atoms with E-state index >= 15 is 0 Å². The van der Waals surface area contributed by atoms with E-state index in [4.69, 9.17) is 0 Å². The van der Waals surface area contributed by atoms with Crippen molar-refractivity contribution in [3.63, 3.8) is 0 Å². The van der Waals surface area contributed by atoms with Gasteiger partial charge in [-0.05, 0) is 31.0 Å². The molecule has 1 amide bonds. The van der Waals surface area contributed by atoms with Gasteiger partial charge in [0.15, 0.2) is 0 Å². The predicted octanol–water partition coefficient (Wildman–Crippen LogP) is 4.07. The number of hydrogen-bond donors (Lipinski definition) is 1. The summed E-state index contributed by atoms with van der Waals surface area (Å²) in [6.07, 6.45) is 0. The Morgan fingerprint density at radius 1 is 1.14 bits per heavy atom. The van der Waals surface area contributed by atoms with Crippen molar-refractivity contribution in [2.45, 2.75) is 31.4 Å². The molecule has 0 aliphatic heterocycles. The second-order valence-electron chi connectivity index (χ2n) is 5.19. The first-order chi connectivity index (χ1) is 10.6. The Kier molecular flexibility index (Phi) is 6.01. The van der Waals surface area contributed by atoms with Crippen molar-refractivity contribution in [3.8, 4) is 0 Å². The van der Waals surface area contributed by atoms with Crippen molar-refractivity contribution in [1.29, 1.82) is 0 Å². The van der Waals surface area contributed by atoms with Crippen LogP contribution in [-0.2, 0) is 17.1 Å². The monoisotopic (exact) mass is 317 g/mol. The molecule has 0 saturated heterocycles. The van der Waals surface area contributed by atoms with Gasteiger partial charge in [0.05, 0.1) is 5.25 Å². The Labute approximate surface area is 135 Å². The topological polar surface area (TPSA) is 29.1 Å². The SMILES string of the molecule is Cc1ccccc1CSC(C)C(=O)NCc1ccccc1F. The lowest BCUT2D eigenvalue weighted by Crippen LogP contribution is -2.30. The zero-order valence-corrected chi connectivity index (χ0v) is 13.6. The number of amides is 1. The number of hydrogen-bond acceptors (Lipinski definition) is 2. The number of carbonyl (C=O) groups is 1. The lowest BCUT2D eigenvalue weighted by molar-refractivity contribution is -0.120. The van der Waals surface area contributed by atoms with Gasteiger partial charge in [-0.15, -0.1) is 11.8 Å². The van der Waals surface area contributed by atoms with Crippen LogP contribution in [0, 0.1) is 12.7 Å². The molecule has 2 aromatic carbocycles. The van der Waals surface area contributed by atoms with Crippen molar-refractivity contribution < 1.29 is 9.18 Å². The highest BCUT2D eigenvalue weighted by atomic mass is 32.2. The van der Waals surface area contributed by atoms with Crippen LogP contribution in [0.25, 0.3) is 0 Å². The van der Waals surface area contributed by atoms with Crippen LogP contribution in [0.5, 0.6) is 0 Å². The molecule has 0 aliphatic carbocycles. The van der Waals surface area contributed by atoms with Crippen LogP contribution in [0.3, 0.4) is 0 Å². The molecular formula is C18H20FNOS. The fourth-order valence-corrected chi connectivity index (χ4v) is 3.02. The highest BCUT2D eigenvalue weighted by Gasteiger charge is 2.14. The van der Waals surface area contributed by atoms with Gasteiger partial charge >= 0.3 is 0 Å². The molecule has 0 heterocycles. The molecule has 0 aliphatic rings. The minimum Gasteiger partial charge on any atom is -0.351 e. The van der Waals surface area contributed by atoms with Crippen molar-refractivity contribution in [1.82, 2.24) is 5.32 Å². The first-order valence-corrected chi connectivity index (χ1v) is 8.30. The van der Waals surface area contributed by atoms with E-state index in [1.165, 1.54) is 17.2 Å². The van der Waals surface area contributed by atoms with Crippen LogP contribution in [-0.4, -0.2) is 11.2 Å². The van der Waals surface area contributed by atoms with E-state index < -0.39 is 0 Å². The second-order valence-corrected chi connectivity index (χ2v) is 6.52. The van der Waals surface area contributed by atoms with Crippen molar-refractivity contribution in [3.05, 3.63) is 71.0 Å². The standard InChI is InChI=1S/C18H20FNOS/c1-13-7-3-4-9-16(13)12-22-14(2)18(21)20-11-15-8-5-6-10-17(15)19/h3-10,14H,11-12H2,1-2H3,(H,20,21). The highest BCUT2D eigenvalue weighted by Crippen LogP contribution is 2.20. The molecule has 1 N–H and O–H groups in total. The van der Waals surface area contributed by atoms with E-state index in [2.05, 4.69) is 24.4 Å². The zero-order valence-electron chi connectivity index (χ0n) is 12.8. The van der Waals surface area contributed by atoms with Gasteiger partial charge < -0.3 is 5.32 Å². The van der Waals surface area contributed by atoms with Gasteiger partial charge in [-0.3, -0.25) is 4.79 Å². The lowest BCUT2D eigenvalue weighted by Gasteiger charge is -2.13. The van der Waals surface area contributed by atoms with E-state index in [0.29, 0.717) is 5.56 Å². The summed E-state index contributed by atoms with van der Waals surface area (Å²) in [5.41, 5.74) is 2.97. The van der Waals surface area contributed by atoms with Crippen LogP contribution in [0.15, 0.2) is 48.5 Å². The van der Waals surface area contributed by atoms with Crippen LogP contribution < -0.4 is 5.32 Å². The minimum atomic E-state index is -0.289. The largest absolute Gasteiger partial charge is 0.351 e. The third-order valence-electron chi connectivity index (χ3n) is 3.53. The van der Waals surface area contributed by atoms with Crippen LogP contribution in [0.2, 0.25) is 0 Å². The molecule has 0 radical (unpaired) electrons. The maximum atomic E-state index is 13.5. The Bertz CT molecular complexity index is 644. The fourth-order valence-electron chi connectivity index (χ4n) is 2.03. The average molecular weight is 317 g/mol. The van der Waals surface area contributed by atoms with Gasteiger partial charge in [0, 0.05) is 17.9 Å². The lowest BCUT2D eigenvalue weighted by atomic mass is 10.1. The average Bonchev–Trinajstić information content (AvgIpc) is 2.52. The summed E-state index contributed by atoms with van der Waals surface area (Å²) in [7, 11) is 0. The van der Waals surface area contributed by atoms with E-state index in [-0.39, 0.29) is 23.5 Å². The quantitative estimate of drug-likeness (QED) is 0.870. The summed E-state index contributed by atoms with van der Waals surface area (Å²) in [6, 6.07) is 14.6. The molecule has 0 fully saturated rings. The summed E-state index contributed by atoms with van der Waals surface area (Å²) in [6.45, 7) is 4.17. The number of benzene rings is 2. The number of halogens is 1. The van der Waals surface area contributed by atoms with Crippen molar-refractivity contribution >= 4 is 17.7 Å². The predicted molar refractivity (Wildman–Crippen MR) is 90.2 cm³/mol. The molecule has 2 nitrogen and oxygen atoms in total. The van der Waals surface area contributed by atoms with E-state index in [1.807, 2.05) is 19.1 Å². The van der Waals surface area contributed by atoms with E-state index in [0.717, 1.165) is 5.75 Å². The third-order valence-corrected chi connectivity index (χ3v) is 4.72. The van der Waals surface area contributed by atoms with Crippen molar-refractivity contribution in [2.24, 2.45) is 0 Å². The Morgan fingerprint density at radius 3 is 2.45 bits per heavy atom. The molecule has 116 valence electrons. The first-order valence-electron chi connectivity index (χ1n) is 7.25.